The van der Waals surface area contributed by atoms with Crippen LogP contribution in [0.3, 0.4) is 0 Å². The van der Waals surface area contributed by atoms with Crippen LogP contribution in [-0.4, -0.2) is 49.8 Å². The Labute approximate surface area is 105 Å². The molecule has 8 nitrogen and oxygen atoms in total. The molecule has 1 aromatic rings. The number of rotatable bonds is 2. The maximum atomic E-state index is 13.2. The van der Waals surface area contributed by atoms with Crippen molar-refractivity contribution >= 4 is 0 Å². The first kappa shape index (κ1) is 13.9. The molecule has 0 radical (unpaired) electrons. The van der Waals surface area contributed by atoms with E-state index in [1.54, 1.807) is 4.98 Å². The van der Waals surface area contributed by atoms with E-state index in [9.17, 15) is 24.2 Å². The Morgan fingerprint density at radius 2 is 2.00 bits per heavy atom. The van der Waals surface area contributed by atoms with Gasteiger partial charge in [0.05, 0.1) is 12.2 Å². The van der Waals surface area contributed by atoms with Crippen molar-refractivity contribution in [2.45, 2.75) is 31.5 Å². The van der Waals surface area contributed by atoms with Gasteiger partial charge in [-0.05, 0) is 6.92 Å². The first-order chi connectivity index (χ1) is 8.88. The molecule has 0 aliphatic carbocycles. The molecule has 4 N–H and O–H groups in total. The first-order valence-electron chi connectivity index (χ1n) is 5.51. The standard InChI is InChI=1S/C10H13FN2O6/c1-3-7(11)12-10(18)13(8(3)17)9-6(16)5(15)4(2-14)19-9/h4-6,9,14-16H,2H2,1H3,(H,12,18)/t4-,5-,6-,9-/m1/s1. The van der Waals surface area contributed by atoms with Crippen molar-refractivity contribution in [2.24, 2.45) is 0 Å². The van der Waals surface area contributed by atoms with E-state index in [0.29, 0.717) is 4.57 Å². The van der Waals surface area contributed by atoms with Gasteiger partial charge in [0.15, 0.2) is 6.23 Å². The minimum absolute atomic E-state index is 0.350. The minimum Gasteiger partial charge on any atom is -0.394 e. The monoisotopic (exact) mass is 276 g/mol. The van der Waals surface area contributed by atoms with Gasteiger partial charge in [-0.1, -0.05) is 0 Å². The number of aromatic amines is 1. The summed E-state index contributed by atoms with van der Waals surface area (Å²) in [5, 5.41) is 28.2. The highest BCUT2D eigenvalue weighted by Crippen LogP contribution is 2.27. The normalized spacial score (nSPS) is 30.8. The lowest BCUT2D eigenvalue weighted by Gasteiger charge is -2.16. The molecule has 1 saturated heterocycles. The largest absolute Gasteiger partial charge is 0.394 e. The Balaban J connectivity index is 2.53. The summed E-state index contributed by atoms with van der Waals surface area (Å²) < 4.78 is 18.7. The third-order valence-electron chi connectivity index (χ3n) is 3.08. The molecule has 0 bridgehead atoms. The molecule has 19 heavy (non-hydrogen) atoms. The van der Waals surface area contributed by atoms with Crippen LogP contribution in [0.2, 0.25) is 0 Å². The van der Waals surface area contributed by atoms with Crippen molar-refractivity contribution in [1.29, 1.82) is 0 Å². The first-order valence-corrected chi connectivity index (χ1v) is 5.51. The molecule has 1 aliphatic rings. The maximum Gasteiger partial charge on any atom is 0.332 e. The second kappa shape index (κ2) is 4.85. The fourth-order valence-corrected chi connectivity index (χ4v) is 1.94. The number of ether oxygens (including phenoxy) is 1. The summed E-state index contributed by atoms with van der Waals surface area (Å²) in [7, 11) is 0. The summed E-state index contributed by atoms with van der Waals surface area (Å²) in [5.74, 6) is -1.07. The van der Waals surface area contributed by atoms with Crippen LogP contribution in [0.4, 0.5) is 4.39 Å². The van der Waals surface area contributed by atoms with Gasteiger partial charge in [0, 0.05) is 0 Å². The zero-order valence-electron chi connectivity index (χ0n) is 9.91. The zero-order valence-corrected chi connectivity index (χ0v) is 9.91. The average Bonchev–Trinajstić information content (AvgIpc) is 2.64. The van der Waals surface area contributed by atoms with E-state index in [0.717, 1.165) is 6.92 Å². The molecule has 9 heteroatoms. The molecule has 106 valence electrons. The molecule has 0 aromatic carbocycles. The Morgan fingerprint density at radius 1 is 1.37 bits per heavy atom. The summed E-state index contributed by atoms with van der Waals surface area (Å²) in [6, 6.07) is 0. The van der Waals surface area contributed by atoms with E-state index < -0.39 is 48.3 Å². The highest BCUT2D eigenvalue weighted by molar-refractivity contribution is 5.05. The van der Waals surface area contributed by atoms with Crippen molar-refractivity contribution in [3.8, 4) is 0 Å². The Morgan fingerprint density at radius 3 is 2.53 bits per heavy atom. The molecule has 0 spiro atoms. The lowest BCUT2D eigenvalue weighted by atomic mass is 10.1. The smallest absolute Gasteiger partial charge is 0.332 e. The van der Waals surface area contributed by atoms with Crippen molar-refractivity contribution in [3.05, 3.63) is 32.3 Å². The second-order valence-corrected chi connectivity index (χ2v) is 4.27. The summed E-state index contributed by atoms with van der Waals surface area (Å²) in [6.45, 7) is 0.562. The Hall–Kier alpha value is -1.55. The van der Waals surface area contributed by atoms with E-state index in [2.05, 4.69) is 0 Å². The van der Waals surface area contributed by atoms with Gasteiger partial charge in [-0.2, -0.15) is 4.39 Å². The molecule has 2 rings (SSSR count). The molecular formula is C10H13FN2O6. The minimum atomic E-state index is -1.58. The van der Waals surface area contributed by atoms with Crippen molar-refractivity contribution in [1.82, 2.24) is 9.55 Å². The fourth-order valence-electron chi connectivity index (χ4n) is 1.94. The molecule has 0 saturated carbocycles. The lowest BCUT2D eigenvalue weighted by Crippen LogP contribution is -2.44. The third kappa shape index (κ3) is 2.10. The van der Waals surface area contributed by atoms with Crippen molar-refractivity contribution in [2.75, 3.05) is 6.61 Å². The molecule has 1 aromatic heterocycles. The molecule has 0 amide bonds. The number of hydrogen-bond donors (Lipinski definition) is 4. The van der Waals surface area contributed by atoms with Crippen LogP contribution in [0, 0.1) is 12.9 Å². The van der Waals surface area contributed by atoms with Crippen LogP contribution in [-0.2, 0) is 4.74 Å². The van der Waals surface area contributed by atoms with Crippen molar-refractivity contribution < 1.29 is 24.4 Å². The van der Waals surface area contributed by atoms with Gasteiger partial charge in [-0.25, -0.2) is 9.36 Å². The summed E-state index contributed by atoms with van der Waals surface area (Å²) in [6.07, 6.45) is -5.65. The predicted molar refractivity (Wildman–Crippen MR) is 59.0 cm³/mol. The number of halogens is 1. The maximum absolute atomic E-state index is 13.2. The predicted octanol–water partition coefficient (Wildman–Crippen LogP) is -2.40. The van der Waals surface area contributed by atoms with Crippen LogP contribution >= 0.6 is 0 Å². The molecule has 1 aliphatic heterocycles. The summed E-state index contributed by atoms with van der Waals surface area (Å²) in [5.41, 5.74) is -2.43. The summed E-state index contributed by atoms with van der Waals surface area (Å²) >= 11 is 0. The number of aromatic nitrogens is 2. The van der Waals surface area contributed by atoms with Gasteiger partial charge in [0.2, 0.25) is 5.95 Å². The van der Waals surface area contributed by atoms with Gasteiger partial charge in [0.1, 0.15) is 18.3 Å². The van der Waals surface area contributed by atoms with Crippen LogP contribution in [0.1, 0.15) is 11.8 Å². The van der Waals surface area contributed by atoms with Crippen LogP contribution in [0.5, 0.6) is 0 Å². The number of nitrogens with one attached hydrogen (secondary N) is 1. The molecule has 1 fully saturated rings. The second-order valence-electron chi connectivity index (χ2n) is 4.27. The van der Waals surface area contributed by atoms with Crippen LogP contribution in [0.15, 0.2) is 9.59 Å². The number of H-pyrrole nitrogens is 1. The number of nitrogens with zero attached hydrogens (tertiary/aromatic N) is 1. The van der Waals surface area contributed by atoms with Gasteiger partial charge in [-0.3, -0.25) is 9.78 Å². The van der Waals surface area contributed by atoms with E-state index in [4.69, 9.17) is 9.84 Å². The lowest BCUT2D eigenvalue weighted by molar-refractivity contribution is -0.0567. The SMILES string of the molecule is Cc1c(F)[nH]c(=O)n([C@@H]2O[C@H](CO)[C@@H](O)[C@H]2O)c1=O. The molecular weight excluding hydrogens is 263 g/mol. The van der Waals surface area contributed by atoms with Crippen molar-refractivity contribution in [3.63, 3.8) is 0 Å². The van der Waals surface area contributed by atoms with Gasteiger partial charge >= 0.3 is 5.69 Å². The highest BCUT2D eigenvalue weighted by Gasteiger charge is 2.44. The zero-order chi connectivity index (χ0) is 14.3. The third-order valence-corrected chi connectivity index (χ3v) is 3.08. The van der Waals surface area contributed by atoms with E-state index in [1.807, 2.05) is 0 Å². The van der Waals surface area contributed by atoms with E-state index in [-0.39, 0.29) is 5.56 Å². The Kier molecular flexibility index (Phi) is 3.54. The van der Waals surface area contributed by atoms with E-state index in [1.165, 1.54) is 0 Å². The highest BCUT2D eigenvalue weighted by atomic mass is 19.1. The van der Waals surface area contributed by atoms with Gasteiger partial charge in [0.25, 0.3) is 5.56 Å². The molecule has 2 heterocycles. The average molecular weight is 276 g/mol. The molecule has 0 unspecified atom stereocenters. The topological polar surface area (TPSA) is 125 Å². The number of aliphatic hydroxyl groups excluding tert-OH is 3. The molecule has 4 atom stereocenters. The number of hydrogen-bond acceptors (Lipinski definition) is 6. The van der Waals surface area contributed by atoms with Crippen LogP contribution in [0.25, 0.3) is 0 Å². The quantitative estimate of drug-likeness (QED) is 0.446. The van der Waals surface area contributed by atoms with E-state index >= 15 is 0 Å². The Bertz CT molecular complexity index is 597. The fraction of sp³-hybridized carbons (Fsp3) is 0.600. The van der Waals surface area contributed by atoms with Gasteiger partial charge in [-0.15, -0.1) is 0 Å². The summed E-state index contributed by atoms with van der Waals surface area (Å²) in [4.78, 5) is 25.2. The van der Waals surface area contributed by atoms with Gasteiger partial charge < -0.3 is 20.1 Å². The van der Waals surface area contributed by atoms with Crippen LogP contribution < -0.4 is 11.2 Å². The number of aliphatic hydroxyl groups is 3.